The van der Waals surface area contributed by atoms with Crippen molar-refractivity contribution in [2.75, 3.05) is 18.5 Å². The van der Waals surface area contributed by atoms with E-state index >= 15 is 0 Å². The fraction of sp³-hybridized carbons (Fsp3) is 0.350. The smallest absolute Gasteiger partial charge is 0.223 e. The number of nitrogens with one attached hydrogen (secondary N) is 1. The molecule has 0 radical (unpaired) electrons. The summed E-state index contributed by atoms with van der Waals surface area (Å²) in [6, 6.07) is 6.60. The molecule has 142 valence electrons. The van der Waals surface area contributed by atoms with E-state index in [0.717, 1.165) is 6.42 Å². The number of hydrogen-bond donors (Lipinski definition) is 1. The van der Waals surface area contributed by atoms with Crippen LogP contribution in [0.5, 0.6) is 0 Å². The summed E-state index contributed by atoms with van der Waals surface area (Å²) >= 11 is 0. The van der Waals surface area contributed by atoms with Crippen LogP contribution in [-0.4, -0.2) is 38.8 Å². The first kappa shape index (κ1) is 19.0. The first-order valence-corrected chi connectivity index (χ1v) is 9.01. The Balaban J connectivity index is 1.87. The van der Waals surface area contributed by atoms with Crippen molar-refractivity contribution in [2.45, 2.75) is 26.4 Å². The molecule has 0 spiro atoms. The molecule has 1 aromatic carbocycles. The topological polar surface area (TPSA) is 64.9 Å². The second-order valence-corrected chi connectivity index (χ2v) is 6.50. The normalized spacial score (nSPS) is 11.1. The van der Waals surface area contributed by atoms with Crippen LogP contribution >= 0.6 is 0 Å². The van der Waals surface area contributed by atoms with Gasteiger partial charge in [-0.3, -0.25) is 0 Å². The standard InChI is InChI=1S/C20H24FN5O/c1-14(2)27-12-6-9-23-20-24-13-16(15-7-4-5-8-17(15)21)18(25-20)19-22-10-11-26(19)3/h4-5,7-8,10-11,13-14H,6,9,12H2,1-3H3,(H,23,24,25). The first-order chi connectivity index (χ1) is 13.1. The second-order valence-electron chi connectivity index (χ2n) is 6.50. The summed E-state index contributed by atoms with van der Waals surface area (Å²) in [6.45, 7) is 5.38. The van der Waals surface area contributed by atoms with Gasteiger partial charge in [-0.1, -0.05) is 18.2 Å². The molecule has 0 atom stereocenters. The molecule has 0 fully saturated rings. The van der Waals surface area contributed by atoms with Crippen LogP contribution in [0.4, 0.5) is 10.3 Å². The Morgan fingerprint density at radius 2 is 2.00 bits per heavy atom. The highest BCUT2D eigenvalue weighted by Gasteiger charge is 2.17. The summed E-state index contributed by atoms with van der Waals surface area (Å²) < 4.78 is 21.7. The number of ether oxygens (including phenoxy) is 1. The third kappa shape index (κ3) is 4.68. The molecule has 0 aliphatic heterocycles. The van der Waals surface area contributed by atoms with Crippen molar-refractivity contribution in [2.24, 2.45) is 7.05 Å². The number of halogens is 1. The molecule has 0 saturated carbocycles. The van der Waals surface area contributed by atoms with E-state index in [4.69, 9.17) is 4.74 Å². The highest BCUT2D eigenvalue weighted by Crippen LogP contribution is 2.31. The van der Waals surface area contributed by atoms with Gasteiger partial charge in [0.25, 0.3) is 0 Å². The Bertz CT molecular complexity index is 894. The monoisotopic (exact) mass is 369 g/mol. The van der Waals surface area contributed by atoms with Gasteiger partial charge < -0.3 is 14.6 Å². The minimum absolute atomic E-state index is 0.219. The van der Waals surface area contributed by atoms with Gasteiger partial charge in [0.15, 0.2) is 5.82 Å². The average molecular weight is 369 g/mol. The minimum Gasteiger partial charge on any atom is -0.379 e. The van der Waals surface area contributed by atoms with Crippen LogP contribution < -0.4 is 5.32 Å². The number of nitrogens with zero attached hydrogens (tertiary/aromatic N) is 4. The molecule has 0 aliphatic rings. The maximum absolute atomic E-state index is 14.3. The minimum atomic E-state index is -0.317. The van der Waals surface area contributed by atoms with E-state index in [1.54, 1.807) is 30.6 Å². The van der Waals surface area contributed by atoms with Crippen molar-refractivity contribution < 1.29 is 9.13 Å². The second kappa shape index (κ2) is 8.73. The van der Waals surface area contributed by atoms with Gasteiger partial charge in [-0.15, -0.1) is 0 Å². The van der Waals surface area contributed by atoms with E-state index in [1.807, 2.05) is 31.7 Å². The van der Waals surface area contributed by atoms with E-state index in [9.17, 15) is 4.39 Å². The number of anilines is 1. The fourth-order valence-electron chi connectivity index (χ4n) is 2.70. The Morgan fingerprint density at radius 1 is 1.19 bits per heavy atom. The lowest BCUT2D eigenvalue weighted by molar-refractivity contribution is 0.0787. The van der Waals surface area contributed by atoms with Gasteiger partial charge in [-0.05, 0) is 26.3 Å². The Hall–Kier alpha value is -2.80. The Morgan fingerprint density at radius 3 is 2.70 bits per heavy atom. The fourth-order valence-corrected chi connectivity index (χ4v) is 2.70. The van der Waals surface area contributed by atoms with Crippen LogP contribution in [0.2, 0.25) is 0 Å². The van der Waals surface area contributed by atoms with Crippen molar-refractivity contribution in [1.29, 1.82) is 0 Å². The van der Waals surface area contributed by atoms with Crippen molar-refractivity contribution in [3.05, 3.63) is 48.7 Å². The molecule has 27 heavy (non-hydrogen) atoms. The molecule has 0 bridgehead atoms. The van der Waals surface area contributed by atoms with Crippen LogP contribution in [0, 0.1) is 5.82 Å². The van der Waals surface area contributed by atoms with Gasteiger partial charge in [0.2, 0.25) is 5.95 Å². The molecule has 0 unspecified atom stereocenters. The lowest BCUT2D eigenvalue weighted by Crippen LogP contribution is -2.11. The van der Waals surface area contributed by atoms with Crippen molar-refractivity contribution in [3.8, 4) is 22.6 Å². The largest absolute Gasteiger partial charge is 0.379 e. The summed E-state index contributed by atoms with van der Waals surface area (Å²) in [5.74, 6) is 0.822. The van der Waals surface area contributed by atoms with Crippen LogP contribution in [0.15, 0.2) is 42.9 Å². The molecule has 2 aromatic heterocycles. The van der Waals surface area contributed by atoms with Crippen LogP contribution in [0.1, 0.15) is 20.3 Å². The van der Waals surface area contributed by atoms with Gasteiger partial charge in [0.1, 0.15) is 11.5 Å². The summed E-state index contributed by atoms with van der Waals surface area (Å²) in [6.07, 6.45) is 6.23. The van der Waals surface area contributed by atoms with E-state index in [2.05, 4.69) is 20.3 Å². The quantitative estimate of drug-likeness (QED) is 0.610. The molecule has 0 amide bonds. The van der Waals surface area contributed by atoms with Crippen LogP contribution in [-0.2, 0) is 11.8 Å². The van der Waals surface area contributed by atoms with Crippen molar-refractivity contribution >= 4 is 5.95 Å². The zero-order valence-corrected chi connectivity index (χ0v) is 15.8. The molecule has 7 heteroatoms. The number of hydrogen-bond acceptors (Lipinski definition) is 5. The maximum Gasteiger partial charge on any atom is 0.223 e. The molecule has 3 aromatic rings. The number of benzene rings is 1. The van der Waals surface area contributed by atoms with Crippen LogP contribution in [0.3, 0.4) is 0 Å². The van der Waals surface area contributed by atoms with E-state index < -0.39 is 0 Å². The van der Waals surface area contributed by atoms with E-state index in [1.165, 1.54) is 6.07 Å². The highest BCUT2D eigenvalue weighted by molar-refractivity contribution is 5.78. The molecule has 1 N–H and O–H groups in total. The number of aromatic nitrogens is 4. The maximum atomic E-state index is 14.3. The number of rotatable bonds is 8. The zero-order chi connectivity index (χ0) is 19.2. The van der Waals surface area contributed by atoms with Gasteiger partial charge in [0.05, 0.1) is 6.10 Å². The predicted octanol–water partition coefficient (Wildman–Crippen LogP) is 3.91. The van der Waals surface area contributed by atoms with Crippen LogP contribution in [0.25, 0.3) is 22.6 Å². The van der Waals surface area contributed by atoms with Gasteiger partial charge >= 0.3 is 0 Å². The Labute approximate surface area is 158 Å². The third-order valence-corrected chi connectivity index (χ3v) is 4.04. The third-order valence-electron chi connectivity index (χ3n) is 4.04. The summed E-state index contributed by atoms with van der Waals surface area (Å²) in [5, 5.41) is 3.20. The van der Waals surface area contributed by atoms with E-state index in [-0.39, 0.29) is 11.9 Å². The lowest BCUT2D eigenvalue weighted by atomic mass is 10.0. The van der Waals surface area contributed by atoms with Gasteiger partial charge in [0, 0.05) is 49.9 Å². The predicted molar refractivity (Wildman–Crippen MR) is 104 cm³/mol. The average Bonchev–Trinajstić information content (AvgIpc) is 3.07. The highest BCUT2D eigenvalue weighted by atomic mass is 19.1. The number of aryl methyl sites for hydroxylation is 1. The van der Waals surface area contributed by atoms with Gasteiger partial charge in [-0.2, -0.15) is 0 Å². The summed E-state index contributed by atoms with van der Waals surface area (Å²) in [5.41, 5.74) is 1.65. The molecule has 0 aliphatic carbocycles. The molecule has 6 nitrogen and oxygen atoms in total. The molecule has 0 saturated heterocycles. The molecule has 2 heterocycles. The molecular weight excluding hydrogens is 345 g/mol. The lowest BCUT2D eigenvalue weighted by Gasteiger charge is -2.12. The van der Waals surface area contributed by atoms with E-state index in [0.29, 0.717) is 41.7 Å². The zero-order valence-electron chi connectivity index (χ0n) is 15.8. The molecular formula is C20H24FN5O. The molecule has 3 rings (SSSR count). The number of imidazole rings is 1. The van der Waals surface area contributed by atoms with Gasteiger partial charge in [-0.25, -0.2) is 19.3 Å². The summed E-state index contributed by atoms with van der Waals surface area (Å²) in [7, 11) is 1.88. The first-order valence-electron chi connectivity index (χ1n) is 9.01. The SMILES string of the molecule is CC(C)OCCCNc1ncc(-c2ccccc2F)c(-c2nccn2C)n1. The summed E-state index contributed by atoms with van der Waals surface area (Å²) in [4.78, 5) is 13.4. The Kier molecular flexibility index (Phi) is 6.13. The van der Waals surface area contributed by atoms with Crippen molar-refractivity contribution in [1.82, 2.24) is 19.5 Å². The van der Waals surface area contributed by atoms with Crippen molar-refractivity contribution in [3.63, 3.8) is 0 Å².